The Bertz CT molecular complexity index is 1140. The molecule has 8 heteroatoms. The van der Waals surface area contributed by atoms with E-state index in [0.29, 0.717) is 11.4 Å². The van der Waals surface area contributed by atoms with Crippen molar-refractivity contribution in [2.45, 2.75) is 19.9 Å². The number of hydrogen-bond donors (Lipinski definition) is 2. The Labute approximate surface area is 186 Å². The van der Waals surface area contributed by atoms with E-state index in [1.54, 1.807) is 45.6 Å². The van der Waals surface area contributed by atoms with Crippen LogP contribution in [0.25, 0.3) is 11.8 Å². The molecule has 0 spiro atoms. The molecule has 1 aromatic heterocycles. The van der Waals surface area contributed by atoms with Gasteiger partial charge in [0.15, 0.2) is 0 Å². The minimum Gasteiger partial charge on any atom is -0.495 e. The SMILES string of the molecule is CN/C(=C\c1ccc(-n2cnc(C)c2)c(OC)c1)C(=O)N(C=N)C(C)c1ccc(F)cc1. The molecule has 0 aliphatic carbocycles. The number of aromatic nitrogens is 2. The van der Waals surface area contributed by atoms with Crippen LogP contribution < -0.4 is 10.1 Å². The third-order valence-electron chi connectivity index (χ3n) is 5.15. The molecule has 0 fully saturated rings. The molecule has 3 rings (SSSR count). The molecule has 1 unspecified atom stereocenters. The first-order chi connectivity index (χ1) is 15.4. The average Bonchev–Trinajstić information content (AvgIpc) is 3.24. The van der Waals surface area contributed by atoms with Crippen molar-refractivity contribution < 1.29 is 13.9 Å². The maximum Gasteiger partial charge on any atom is 0.275 e. The van der Waals surface area contributed by atoms with E-state index in [1.807, 2.05) is 35.9 Å². The van der Waals surface area contributed by atoms with Gasteiger partial charge in [-0.2, -0.15) is 0 Å². The van der Waals surface area contributed by atoms with Gasteiger partial charge in [-0.15, -0.1) is 0 Å². The predicted molar refractivity (Wildman–Crippen MR) is 122 cm³/mol. The fourth-order valence-electron chi connectivity index (χ4n) is 3.35. The highest BCUT2D eigenvalue weighted by molar-refractivity contribution is 6.02. The second kappa shape index (κ2) is 9.91. The Balaban J connectivity index is 1.90. The zero-order valence-electron chi connectivity index (χ0n) is 18.5. The smallest absolute Gasteiger partial charge is 0.275 e. The standard InChI is InChI=1S/C24H26FN5O2/c1-16-13-29(15-28-16)22-10-5-18(12-23(22)32-4)11-21(27-3)24(31)30(14-26)17(2)19-6-8-20(25)9-7-19/h5-15,17,26-27H,1-4H3/b21-11-,26-14?. The molecule has 0 saturated carbocycles. The molecular formula is C24H26FN5O2. The second-order valence-electron chi connectivity index (χ2n) is 7.23. The zero-order chi connectivity index (χ0) is 23.3. The number of amides is 1. The van der Waals surface area contributed by atoms with Crippen molar-refractivity contribution in [3.8, 4) is 11.4 Å². The molecule has 166 valence electrons. The van der Waals surface area contributed by atoms with Crippen LogP contribution in [0, 0.1) is 18.2 Å². The van der Waals surface area contributed by atoms with Gasteiger partial charge in [0.25, 0.3) is 5.91 Å². The number of nitrogens with zero attached hydrogens (tertiary/aromatic N) is 3. The van der Waals surface area contributed by atoms with Crippen LogP contribution in [-0.2, 0) is 4.79 Å². The number of methoxy groups -OCH3 is 1. The Hall–Kier alpha value is -3.94. The van der Waals surface area contributed by atoms with E-state index >= 15 is 0 Å². The summed E-state index contributed by atoms with van der Waals surface area (Å²) in [5.74, 6) is -0.108. The van der Waals surface area contributed by atoms with Gasteiger partial charge in [0.1, 0.15) is 17.3 Å². The lowest BCUT2D eigenvalue weighted by Gasteiger charge is -2.26. The molecule has 0 aliphatic rings. The van der Waals surface area contributed by atoms with Gasteiger partial charge in [-0.3, -0.25) is 15.1 Å². The lowest BCUT2D eigenvalue weighted by Crippen LogP contribution is -2.36. The summed E-state index contributed by atoms with van der Waals surface area (Å²) in [4.78, 5) is 18.7. The first-order valence-corrected chi connectivity index (χ1v) is 10.0. The van der Waals surface area contributed by atoms with Crippen molar-refractivity contribution in [1.82, 2.24) is 19.8 Å². The molecule has 2 N–H and O–H groups in total. The molecule has 0 saturated heterocycles. The van der Waals surface area contributed by atoms with Crippen molar-refractivity contribution in [1.29, 1.82) is 5.41 Å². The molecule has 32 heavy (non-hydrogen) atoms. The number of benzene rings is 2. The molecule has 0 radical (unpaired) electrons. The third kappa shape index (κ3) is 4.85. The van der Waals surface area contributed by atoms with Gasteiger partial charge in [-0.05, 0) is 55.3 Å². The van der Waals surface area contributed by atoms with Gasteiger partial charge in [0.05, 0.1) is 37.2 Å². The maximum absolute atomic E-state index is 13.3. The summed E-state index contributed by atoms with van der Waals surface area (Å²) < 4.78 is 20.7. The largest absolute Gasteiger partial charge is 0.495 e. The number of aryl methyl sites for hydroxylation is 1. The Morgan fingerprint density at radius 2 is 2.00 bits per heavy atom. The number of carbonyl (C=O) groups excluding carboxylic acids is 1. The van der Waals surface area contributed by atoms with E-state index in [2.05, 4.69) is 10.3 Å². The number of rotatable bonds is 8. The van der Waals surface area contributed by atoms with Crippen molar-refractivity contribution in [2.75, 3.05) is 14.2 Å². The van der Waals surface area contributed by atoms with Gasteiger partial charge >= 0.3 is 0 Å². The summed E-state index contributed by atoms with van der Waals surface area (Å²) in [5, 5.41) is 10.7. The number of carbonyl (C=O) groups is 1. The van der Waals surface area contributed by atoms with Crippen LogP contribution in [0.2, 0.25) is 0 Å². The molecule has 1 heterocycles. The van der Waals surface area contributed by atoms with E-state index in [1.165, 1.54) is 17.0 Å². The van der Waals surface area contributed by atoms with Crippen molar-refractivity contribution in [3.05, 3.63) is 83.3 Å². The predicted octanol–water partition coefficient (Wildman–Crippen LogP) is 4.09. The van der Waals surface area contributed by atoms with Gasteiger partial charge < -0.3 is 14.6 Å². The van der Waals surface area contributed by atoms with E-state index in [9.17, 15) is 9.18 Å². The third-order valence-corrected chi connectivity index (χ3v) is 5.15. The molecule has 2 aromatic carbocycles. The van der Waals surface area contributed by atoms with E-state index < -0.39 is 6.04 Å². The fourth-order valence-corrected chi connectivity index (χ4v) is 3.35. The van der Waals surface area contributed by atoms with Gasteiger partial charge in [0, 0.05) is 13.2 Å². The van der Waals surface area contributed by atoms with Crippen LogP contribution in [0.4, 0.5) is 4.39 Å². The first-order valence-electron chi connectivity index (χ1n) is 10.0. The Morgan fingerprint density at radius 3 is 2.56 bits per heavy atom. The summed E-state index contributed by atoms with van der Waals surface area (Å²) in [6, 6.07) is 11.0. The summed E-state index contributed by atoms with van der Waals surface area (Å²) >= 11 is 0. The molecule has 0 bridgehead atoms. The molecule has 1 atom stereocenters. The second-order valence-corrected chi connectivity index (χ2v) is 7.23. The minimum absolute atomic E-state index is 0.302. The van der Waals surface area contributed by atoms with Crippen LogP contribution in [-0.4, -0.2) is 40.9 Å². The minimum atomic E-state index is -0.446. The monoisotopic (exact) mass is 435 g/mol. The molecule has 3 aromatic rings. The molecule has 7 nitrogen and oxygen atoms in total. The Kier molecular flexibility index (Phi) is 7.04. The summed E-state index contributed by atoms with van der Waals surface area (Å²) in [6.07, 6.45) is 6.28. The highest BCUT2D eigenvalue weighted by atomic mass is 19.1. The van der Waals surface area contributed by atoms with E-state index in [-0.39, 0.29) is 11.7 Å². The van der Waals surface area contributed by atoms with Crippen LogP contribution in [0.5, 0.6) is 5.75 Å². The van der Waals surface area contributed by atoms with Crippen LogP contribution in [0.3, 0.4) is 0 Å². The van der Waals surface area contributed by atoms with E-state index in [0.717, 1.165) is 28.8 Å². The number of hydrogen-bond acceptors (Lipinski definition) is 5. The molecular weight excluding hydrogens is 409 g/mol. The van der Waals surface area contributed by atoms with Gasteiger partial charge in [-0.25, -0.2) is 9.37 Å². The summed E-state index contributed by atoms with van der Waals surface area (Å²) in [5.41, 5.74) is 3.49. The van der Waals surface area contributed by atoms with Gasteiger partial charge in [0.2, 0.25) is 0 Å². The maximum atomic E-state index is 13.3. The van der Waals surface area contributed by atoms with Crippen molar-refractivity contribution >= 4 is 18.3 Å². The van der Waals surface area contributed by atoms with Crippen molar-refractivity contribution in [3.63, 3.8) is 0 Å². The lowest BCUT2D eigenvalue weighted by atomic mass is 10.1. The number of nitrogens with one attached hydrogen (secondary N) is 2. The van der Waals surface area contributed by atoms with Crippen LogP contribution in [0.1, 0.15) is 29.8 Å². The quantitative estimate of drug-likeness (QED) is 0.317. The average molecular weight is 436 g/mol. The highest BCUT2D eigenvalue weighted by Crippen LogP contribution is 2.26. The van der Waals surface area contributed by atoms with E-state index in [4.69, 9.17) is 10.1 Å². The number of ether oxygens (including phenoxy) is 1. The van der Waals surface area contributed by atoms with Crippen molar-refractivity contribution in [2.24, 2.45) is 0 Å². The fraction of sp³-hybridized carbons (Fsp3) is 0.208. The number of likely N-dealkylation sites (N-methyl/N-ethyl adjacent to an activating group) is 1. The van der Waals surface area contributed by atoms with Crippen LogP contribution >= 0.6 is 0 Å². The Morgan fingerprint density at radius 1 is 1.28 bits per heavy atom. The summed E-state index contributed by atoms with van der Waals surface area (Å²) in [6.45, 7) is 3.70. The number of imidazole rings is 1. The van der Waals surface area contributed by atoms with Gasteiger partial charge in [-0.1, -0.05) is 18.2 Å². The first kappa shape index (κ1) is 22.7. The zero-order valence-corrected chi connectivity index (χ0v) is 18.5. The summed E-state index contributed by atoms with van der Waals surface area (Å²) in [7, 11) is 3.23. The normalized spacial score (nSPS) is 12.2. The molecule has 0 aliphatic heterocycles. The topological polar surface area (TPSA) is 83.2 Å². The highest BCUT2D eigenvalue weighted by Gasteiger charge is 2.23. The van der Waals surface area contributed by atoms with Crippen LogP contribution in [0.15, 0.2) is 60.7 Å². The lowest BCUT2D eigenvalue weighted by molar-refractivity contribution is -0.125. The number of halogens is 1. The molecule has 1 amide bonds.